The molecule has 0 fully saturated rings. The first-order valence-corrected chi connectivity index (χ1v) is 24.4. The van der Waals surface area contributed by atoms with Crippen molar-refractivity contribution in [2.75, 3.05) is 6.61 Å². The molecule has 56 heavy (non-hydrogen) atoms. The molecule has 0 aromatic carbocycles. The quantitative estimate of drug-likeness (QED) is 0.0312. The third-order valence-corrected chi connectivity index (χ3v) is 11.3. The number of rotatable bonds is 44. The molecule has 0 heterocycles. The third-order valence-electron chi connectivity index (χ3n) is 11.3. The molecule has 0 saturated heterocycles. The molecule has 0 saturated carbocycles. The number of allylic oxidation sites excluding steroid dienone is 6. The average molecular weight is 790 g/mol. The van der Waals surface area contributed by atoms with E-state index >= 15 is 0 Å². The van der Waals surface area contributed by atoms with Gasteiger partial charge in [-0.15, -0.1) is 0 Å². The maximum atomic E-state index is 12.5. The molecule has 0 spiro atoms. The first-order valence-electron chi connectivity index (χ1n) is 24.4. The van der Waals surface area contributed by atoms with E-state index in [1.165, 1.54) is 173 Å². The summed E-state index contributed by atoms with van der Waals surface area (Å²) in [5.41, 5.74) is 0. The van der Waals surface area contributed by atoms with Crippen LogP contribution < -0.4 is 5.32 Å². The number of hydrogen-bond acceptors (Lipinski definition) is 5. The topological polar surface area (TPSA) is 110 Å². The Balaban J connectivity index is 3.70. The molecule has 0 bridgehead atoms. The standard InChI is InChI=1S/C50H95NO5/c1-3-5-7-9-11-13-15-17-19-20-21-22-23-24-25-26-27-28-29-30-32-34-36-38-40-42-44-48(54)50(56)51-46(45-52)49(55)47(53)43-41-39-37-35-33-31-18-16-14-12-10-8-6-4-2/h21-22,24-25,35,37,46-49,52-55H,3-20,23,26-34,36,38-45H2,1-2H3,(H,51,56)/b22-21-,25-24-,37-35+. The van der Waals surface area contributed by atoms with Gasteiger partial charge >= 0.3 is 0 Å². The van der Waals surface area contributed by atoms with Crippen molar-refractivity contribution in [3.05, 3.63) is 36.5 Å². The van der Waals surface area contributed by atoms with Gasteiger partial charge in [-0.3, -0.25) is 4.79 Å². The smallest absolute Gasteiger partial charge is 0.249 e. The molecule has 6 nitrogen and oxygen atoms in total. The summed E-state index contributed by atoms with van der Waals surface area (Å²) < 4.78 is 0. The van der Waals surface area contributed by atoms with E-state index in [2.05, 4.69) is 55.6 Å². The van der Waals surface area contributed by atoms with Gasteiger partial charge < -0.3 is 25.7 Å². The van der Waals surface area contributed by atoms with Crippen LogP contribution in [0.4, 0.5) is 0 Å². The summed E-state index contributed by atoms with van der Waals surface area (Å²) in [5.74, 6) is -0.596. The number of aliphatic hydroxyl groups excluding tert-OH is 4. The lowest BCUT2D eigenvalue weighted by Crippen LogP contribution is -2.53. The van der Waals surface area contributed by atoms with Gasteiger partial charge in [0.2, 0.25) is 5.91 Å². The molecule has 0 aromatic rings. The van der Waals surface area contributed by atoms with Crippen LogP contribution in [0.2, 0.25) is 0 Å². The lowest BCUT2D eigenvalue weighted by Gasteiger charge is -2.27. The van der Waals surface area contributed by atoms with Crippen molar-refractivity contribution in [3.8, 4) is 0 Å². The molecular formula is C50H95NO5. The maximum absolute atomic E-state index is 12.5. The predicted octanol–water partition coefficient (Wildman–Crippen LogP) is 13.3. The van der Waals surface area contributed by atoms with E-state index in [0.717, 1.165) is 44.9 Å². The Morgan fingerprint density at radius 3 is 1.18 bits per heavy atom. The molecule has 0 aromatic heterocycles. The van der Waals surface area contributed by atoms with Crippen molar-refractivity contribution in [1.82, 2.24) is 5.32 Å². The number of unbranched alkanes of at least 4 members (excludes halogenated alkanes) is 29. The Morgan fingerprint density at radius 1 is 0.446 bits per heavy atom. The molecular weight excluding hydrogens is 695 g/mol. The SMILES string of the molecule is CCCCCCCCCCC/C=C\C/C=C\CCCCCCCCCCCCC(O)C(=O)NC(CO)C(O)C(O)CCC/C=C/CCCCCCCCCCC. The summed E-state index contributed by atoms with van der Waals surface area (Å²) in [6, 6.07) is -1.00. The zero-order valence-corrected chi connectivity index (χ0v) is 37.1. The Hall–Kier alpha value is -1.47. The number of hydrogen-bond donors (Lipinski definition) is 5. The van der Waals surface area contributed by atoms with Crippen LogP contribution in [-0.4, -0.2) is 57.3 Å². The fourth-order valence-corrected chi connectivity index (χ4v) is 7.44. The van der Waals surface area contributed by atoms with E-state index < -0.39 is 36.9 Å². The Kier molecular flexibility index (Phi) is 43.5. The van der Waals surface area contributed by atoms with Gasteiger partial charge in [-0.2, -0.15) is 0 Å². The minimum Gasteiger partial charge on any atom is -0.394 e. The molecule has 0 rings (SSSR count). The molecule has 4 atom stereocenters. The molecule has 0 radical (unpaired) electrons. The fraction of sp³-hybridized carbons (Fsp3) is 0.860. The largest absolute Gasteiger partial charge is 0.394 e. The number of aliphatic hydroxyl groups is 4. The molecule has 1 amide bonds. The fourth-order valence-electron chi connectivity index (χ4n) is 7.44. The van der Waals surface area contributed by atoms with E-state index in [4.69, 9.17) is 0 Å². The molecule has 4 unspecified atom stereocenters. The summed E-state index contributed by atoms with van der Waals surface area (Å²) in [4.78, 5) is 12.5. The van der Waals surface area contributed by atoms with Crippen molar-refractivity contribution >= 4 is 5.91 Å². The van der Waals surface area contributed by atoms with Gasteiger partial charge in [-0.25, -0.2) is 0 Å². The highest BCUT2D eigenvalue weighted by atomic mass is 16.3. The first kappa shape index (κ1) is 54.5. The summed E-state index contributed by atoms with van der Waals surface area (Å²) in [7, 11) is 0. The normalized spacial score (nSPS) is 14.3. The highest BCUT2D eigenvalue weighted by molar-refractivity contribution is 5.80. The molecule has 0 aliphatic carbocycles. The van der Waals surface area contributed by atoms with Crippen molar-refractivity contribution in [3.63, 3.8) is 0 Å². The van der Waals surface area contributed by atoms with Crippen molar-refractivity contribution in [1.29, 1.82) is 0 Å². The van der Waals surface area contributed by atoms with Crippen LogP contribution >= 0.6 is 0 Å². The summed E-state index contributed by atoms with van der Waals surface area (Å²) in [6.07, 6.45) is 53.3. The Bertz CT molecular complexity index is 889. The second kappa shape index (κ2) is 44.6. The number of nitrogens with one attached hydrogen (secondary N) is 1. The van der Waals surface area contributed by atoms with Gasteiger partial charge in [-0.1, -0.05) is 211 Å². The van der Waals surface area contributed by atoms with E-state index in [9.17, 15) is 25.2 Å². The van der Waals surface area contributed by atoms with E-state index in [-0.39, 0.29) is 0 Å². The predicted molar refractivity (Wildman–Crippen MR) is 242 cm³/mol. The molecule has 330 valence electrons. The minimum atomic E-state index is -1.28. The monoisotopic (exact) mass is 790 g/mol. The lowest BCUT2D eigenvalue weighted by molar-refractivity contribution is -0.132. The summed E-state index contributed by atoms with van der Waals surface area (Å²) >= 11 is 0. The molecule has 6 heteroatoms. The van der Waals surface area contributed by atoms with Crippen LogP contribution in [0.3, 0.4) is 0 Å². The van der Waals surface area contributed by atoms with Crippen LogP contribution in [-0.2, 0) is 4.79 Å². The lowest BCUT2D eigenvalue weighted by atomic mass is 10.00. The summed E-state index contributed by atoms with van der Waals surface area (Å²) in [5, 5.41) is 43.7. The zero-order valence-electron chi connectivity index (χ0n) is 37.1. The highest BCUT2D eigenvalue weighted by Crippen LogP contribution is 2.16. The molecule has 0 aliphatic heterocycles. The second-order valence-corrected chi connectivity index (χ2v) is 16.8. The van der Waals surface area contributed by atoms with Crippen LogP contribution in [0, 0.1) is 0 Å². The molecule has 0 aliphatic rings. The third kappa shape index (κ3) is 38.1. The minimum absolute atomic E-state index is 0.359. The average Bonchev–Trinajstić information content (AvgIpc) is 3.20. The van der Waals surface area contributed by atoms with Crippen molar-refractivity contribution < 1.29 is 25.2 Å². The number of amides is 1. The molecule has 5 N–H and O–H groups in total. The van der Waals surface area contributed by atoms with Gasteiger partial charge in [0, 0.05) is 0 Å². The van der Waals surface area contributed by atoms with Gasteiger partial charge in [0.25, 0.3) is 0 Å². The van der Waals surface area contributed by atoms with Crippen molar-refractivity contribution in [2.45, 2.75) is 269 Å². The van der Waals surface area contributed by atoms with Crippen LogP contribution in [0.5, 0.6) is 0 Å². The van der Waals surface area contributed by atoms with Gasteiger partial charge in [-0.05, 0) is 70.6 Å². The first-order chi connectivity index (χ1) is 27.5. The van der Waals surface area contributed by atoms with Gasteiger partial charge in [0.1, 0.15) is 12.2 Å². The van der Waals surface area contributed by atoms with E-state index in [0.29, 0.717) is 12.8 Å². The van der Waals surface area contributed by atoms with Crippen molar-refractivity contribution in [2.24, 2.45) is 0 Å². The van der Waals surface area contributed by atoms with Gasteiger partial charge in [0.05, 0.1) is 18.8 Å². The van der Waals surface area contributed by atoms with E-state index in [1.807, 2.05) is 0 Å². The maximum Gasteiger partial charge on any atom is 0.249 e. The number of carbonyl (C=O) groups excluding carboxylic acids is 1. The van der Waals surface area contributed by atoms with Gasteiger partial charge in [0.15, 0.2) is 0 Å². The second-order valence-electron chi connectivity index (χ2n) is 16.8. The Labute approximate surface area is 347 Å². The van der Waals surface area contributed by atoms with Crippen LogP contribution in [0.25, 0.3) is 0 Å². The number of carbonyl (C=O) groups is 1. The Morgan fingerprint density at radius 2 is 0.786 bits per heavy atom. The van der Waals surface area contributed by atoms with E-state index in [1.54, 1.807) is 0 Å². The summed E-state index contributed by atoms with van der Waals surface area (Å²) in [6.45, 7) is 4.04. The highest BCUT2D eigenvalue weighted by Gasteiger charge is 2.28. The van der Waals surface area contributed by atoms with Crippen LogP contribution in [0.15, 0.2) is 36.5 Å². The zero-order chi connectivity index (χ0) is 41.0. The van der Waals surface area contributed by atoms with Crippen LogP contribution in [0.1, 0.15) is 245 Å².